The van der Waals surface area contributed by atoms with Gasteiger partial charge in [0.05, 0.1) is 12.5 Å². The van der Waals surface area contributed by atoms with E-state index >= 15 is 0 Å². The summed E-state index contributed by atoms with van der Waals surface area (Å²) in [6.45, 7) is 5.70. The zero-order valence-corrected chi connectivity index (χ0v) is 18.3. The summed E-state index contributed by atoms with van der Waals surface area (Å²) in [6.07, 6.45) is 6.72. The van der Waals surface area contributed by atoms with Crippen molar-refractivity contribution in [2.45, 2.75) is 25.7 Å². The van der Waals surface area contributed by atoms with Crippen molar-refractivity contribution in [3.63, 3.8) is 0 Å². The molecule has 1 aliphatic heterocycles. The summed E-state index contributed by atoms with van der Waals surface area (Å²) in [7, 11) is 1.68. The van der Waals surface area contributed by atoms with Crippen LogP contribution in [0.4, 0.5) is 5.82 Å². The van der Waals surface area contributed by atoms with Gasteiger partial charge in [0.2, 0.25) is 0 Å². The highest BCUT2D eigenvalue weighted by Gasteiger charge is 2.24. The van der Waals surface area contributed by atoms with Crippen molar-refractivity contribution < 1.29 is 9.47 Å². The number of aryl methyl sites for hydroxylation is 2. The number of thiophene rings is 1. The van der Waals surface area contributed by atoms with Crippen molar-refractivity contribution in [3.8, 4) is 11.5 Å². The van der Waals surface area contributed by atoms with Crippen LogP contribution in [0.5, 0.6) is 11.5 Å². The van der Waals surface area contributed by atoms with Crippen LogP contribution >= 0.6 is 11.3 Å². The molecule has 0 amide bonds. The quantitative estimate of drug-likeness (QED) is 0.600. The van der Waals surface area contributed by atoms with Gasteiger partial charge in [-0.25, -0.2) is 9.97 Å². The normalized spacial score (nSPS) is 17.2. The Morgan fingerprint density at radius 1 is 0.967 bits per heavy atom. The van der Waals surface area contributed by atoms with E-state index in [0.29, 0.717) is 6.61 Å². The third kappa shape index (κ3) is 3.96. The summed E-state index contributed by atoms with van der Waals surface area (Å²) in [5.41, 5.74) is 1.52. The number of methoxy groups -OCH3 is 1. The Hall–Kier alpha value is -2.38. The van der Waals surface area contributed by atoms with Crippen LogP contribution in [0.15, 0.2) is 30.6 Å². The van der Waals surface area contributed by atoms with E-state index in [1.54, 1.807) is 13.4 Å². The fourth-order valence-electron chi connectivity index (χ4n) is 4.46. The van der Waals surface area contributed by atoms with Gasteiger partial charge >= 0.3 is 0 Å². The average molecular weight is 425 g/mol. The molecule has 1 aromatic carbocycles. The van der Waals surface area contributed by atoms with Gasteiger partial charge in [0.1, 0.15) is 35.1 Å². The Labute approximate surface area is 181 Å². The van der Waals surface area contributed by atoms with Crippen molar-refractivity contribution in [1.29, 1.82) is 0 Å². The molecule has 2 aromatic heterocycles. The minimum absolute atomic E-state index is 0.697. The van der Waals surface area contributed by atoms with Gasteiger partial charge in [-0.15, -0.1) is 11.3 Å². The van der Waals surface area contributed by atoms with E-state index in [1.807, 2.05) is 35.6 Å². The van der Waals surface area contributed by atoms with Crippen molar-refractivity contribution in [3.05, 3.63) is 41.0 Å². The van der Waals surface area contributed by atoms with Crippen LogP contribution in [0.3, 0.4) is 0 Å². The molecular weight excluding hydrogens is 396 g/mol. The monoisotopic (exact) mass is 424 g/mol. The van der Waals surface area contributed by atoms with Crippen LogP contribution in [-0.2, 0) is 12.8 Å². The number of nitrogens with zero attached hydrogens (tertiary/aromatic N) is 4. The summed E-state index contributed by atoms with van der Waals surface area (Å²) < 4.78 is 11.1. The molecule has 1 saturated heterocycles. The fourth-order valence-corrected chi connectivity index (χ4v) is 5.68. The predicted molar refractivity (Wildman–Crippen MR) is 121 cm³/mol. The molecule has 0 radical (unpaired) electrons. The molecule has 7 heteroatoms. The van der Waals surface area contributed by atoms with Crippen LogP contribution in [0.1, 0.15) is 23.3 Å². The number of ether oxygens (including phenoxy) is 2. The summed E-state index contributed by atoms with van der Waals surface area (Å²) >= 11 is 1.88. The topological polar surface area (TPSA) is 50.7 Å². The van der Waals surface area contributed by atoms with Crippen molar-refractivity contribution in [1.82, 2.24) is 14.9 Å². The minimum atomic E-state index is 0.697. The molecule has 158 valence electrons. The number of anilines is 1. The first-order valence-corrected chi connectivity index (χ1v) is 11.6. The summed E-state index contributed by atoms with van der Waals surface area (Å²) in [4.78, 5) is 16.9. The third-order valence-electron chi connectivity index (χ3n) is 6.14. The molecular formula is C23H28N4O2S. The van der Waals surface area contributed by atoms with Crippen molar-refractivity contribution in [2.24, 2.45) is 0 Å². The Morgan fingerprint density at radius 3 is 2.53 bits per heavy atom. The lowest BCUT2D eigenvalue weighted by Gasteiger charge is -2.35. The van der Waals surface area contributed by atoms with Gasteiger partial charge in [0, 0.05) is 37.6 Å². The first-order chi connectivity index (χ1) is 14.8. The zero-order chi connectivity index (χ0) is 20.3. The van der Waals surface area contributed by atoms with Gasteiger partial charge in [0.25, 0.3) is 0 Å². The van der Waals surface area contributed by atoms with Gasteiger partial charge < -0.3 is 14.4 Å². The first-order valence-electron chi connectivity index (χ1n) is 10.8. The van der Waals surface area contributed by atoms with Gasteiger partial charge in [-0.1, -0.05) is 0 Å². The standard InChI is InChI=1S/C23H28N4O2S/c1-28-17-6-8-18(9-7-17)29-15-14-26-10-12-27(13-11-26)22-21-19-4-2-3-5-20(19)30-23(21)25-16-24-22/h6-9,16H,2-5,10-15H2,1H3. The lowest BCUT2D eigenvalue weighted by molar-refractivity contribution is 0.200. The lowest BCUT2D eigenvalue weighted by atomic mass is 9.97. The van der Waals surface area contributed by atoms with Gasteiger partial charge in [0.15, 0.2) is 0 Å². The Kier molecular flexibility index (Phi) is 5.73. The molecule has 0 unspecified atom stereocenters. The third-order valence-corrected chi connectivity index (χ3v) is 7.34. The smallest absolute Gasteiger partial charge is 0.141 e. The number of hydrogen-bond acceptors (Lipinski definition) is 7. The van der Waals surface area contributed by atoms with Crippen molar-refractivity contribution in [2.75, 3.05) is 51.3 Å². The Morgan fingerprint density at radius 2 is 1.73 bits per heavy atom. The molecule has 0 saturated carbocycles. The van der Waals surface area contributed by atoms with E-state index in [9.17, 15) is 0 Å². The molecule has 0 spiro atoms. The number of hydrogen-bond donors (Lipinski definition) is 0. The van der Waals surface area contributed by atoms with Gasteiger partial charge in [-0.2, -0.15) is 0 Å². The first kappa shape index (κ1) is 19.6. The molecule has 0 atom stereocenters. The number of rotatable bonds is 6. The van der Waals surface area contributed by atoms with Crippen LogP contribution in [0.2, 0.25) is 0 Å². The molecule has 6 nitrogen and oxygen atoms in total. The highest BCUT2D eigenvalue weighted by molar-refractivity contribution is 7.19. The predicted octanol–water partition coefficient (Wildman–Crippen LogP) is 3.78. The maximum atomic E-state index is 5.90. The van der Waals surface area contributed by atoms with Crippen molar-refractivity contribution >= 4 is 27.4 Å². The maximum Gasteiger partial charge on any atom is 0.141 e. The van der Waals surface area contributed by atoms with Crippen LogP contribution in [-0.4, -0.2) is 61.3 Å². The molecule has 1 aliphatic carbocycles. The molecule has 1 fully saturated rings. The zero-order valence-electron chi connectivity index (χ0n) is 17.5. The van der Waals surface area contributed by atoms with E-state index in [2.05, 4.69) is 14.8 Å². The highest BCUT2D eigenvalue weighted by atomic mass is 32.1. The molecule has 0 N–H and O–H groups in total. The Balaban J connectivity index is 1.18. The molecule has 0 bridgehead atoms. The van der Waals surface area contributed by atoms with E-state index in [4.69, 9.17) is 14.5 Å². The lowest BCUT2D eigenvalue weighted by Crippen LogP contribution is -2.47. The van der Waals surface area contributed by atoms with E-state index in [0.717, 1.165) is 50.0 Å². The second-order valence-electron chi connectivity index (χ2n) is 7.94. The second kappa shape index (κ2) is 8.78. The SMILES string of the molecule is COc1ccc(OCCN2CCN(c3ncnc4sc5c(c34)CCCC5)CC2)cc1. The summed E-state index contributed by atoms with van der Waals surface area (Å²) in [5, 5.41) is 1.33. The number of benzene rings is 1. The molecule has 3 aromatic rings. The second-order valence-corrected chi connectivity index (χ2v) is 9.02. The molecule has 3 heterocycles. The molecule has 30 heavy (non-hydrogen) atoms. The van der Waals surface area contributed by atoms with Gasteiger partial charge in [-0.3, -0.25) is 4.90 Å². The molecule has 5 rings (SSSR count). The number of piperazine rings is 1. The average Bonchev–Trinajstić information content (AvgIpc) is 3.19. The minimum Gasteiger partial charge on any atom is -0.497 e. The summed E-state index contributed by atoms with van der Waals surface area (Å²) in [5.74, 6) is 2.89. The Bertz CT molecular complexity index is 996. The van der Waals surface area contributed by atoms with Crippen LogP contribution in [0, 0.1) is 0 Å². The van der Waals surface area contributed by atoms with E-state index < -0.39 is 0 Å². The maximum absolute atomic E-state index is 5.90. The summed E-state index contributed by atoms with van der Waals surface area (Å²) in [6, 6.07) is 7.77. The largest absolute Gasteiger partial charge is 0.497 e. The molecule has 2 aliphatic rings. The van der Waals surface area contributed by atoms with Crippen LogP contribution < -0.4 is 14.4 Å². The number of aromatic nitrogens is 2. The van der Waals surface area contributed by atoms with E-state index in [1.165, 1.54) is 46.3 Å². The van der Waals surface area contributed by atoms with Crippen LogP contribution in [0.25, 0.3) is 10.2 Å². The van der Waals surface area contributed by atoms with E-state index in [-0.39, 0.29) is 0 Å². The fraction of sp³-hybridized carbons (Fsp3) is 0.478. The number of fused-ring (bicyclic) bond motifs is 3. The van der Waals surface area contributed by atoms with Gasteiger partial charge in [-0.05, 0) is 55.5 Å². The highest BCUT2D eigenvalue weighted by Crippen LogP contribution is 2.39.